The molecule has 3 aromatic carbocycles. The van der Waals surface area contributed by atoms with E-state index in [-0.39, 0.29) is 11.9 Å². The number of ether oxygens (including phenoxy) is 3. The zero-order valence-electron chi connectivity index (χ0n) is 16.0. The summed E-state index contributed by atoms with van der Waals surface area (Å²) in [5, 5.41) is 0. The highest BCUT2D eigenvalue weighted by molar-refractivity contribution is 5.92. The first-order chi connectivity index (χ1) is 13.7. The molecule has 0 saturated carbocycles. The molecule has 0 fully saturated rings. The van der Waals surface area contributed by atoms with Gasteiger partial charge in [-0.2, -0.15) is 0 Å². The molecular formula is C24H22O4. The van der Waals surface area contributed by atoms with Gasteiger partial charge in [0.15, 0.2) is 0 Å². The van der Waals surface area contributed by atoms with Gasteiger partial charge in [-0.15, -0.1) is 0 Å². The van der Waals surface area contributed by atoms with Gasteiger partial charge in [0, 0.05) is 23.1 Å². The fraction of sp³-hybridized carbons (Fsp3) is 0.208. The van der Waals surface area contributed by atoms with Crippen molar-refractivity contribution in [2.75, 3.05) is 13.2 Å². The normalized spacial score (nSPS) is 14.4. The van der Waals surface area contributed by atoms with Crippen LogP contribution < -0.4 is 9.47 Å². The lowest BCUT2D eigenvalue weighted by molar-refractivity contribution is 0.0525. The van der Waals surface area contributed by atoms with E-state index in [2.05, 4.69) is 0 Å². The molecule has 0 N–H and O–H groups in total. The summed E-state index contributed by atoms with van der Waals surface area (Å²) in [6, 6.07) is 21.4. The van der Waals surface area contributed by atoms with Gasteiger partial charge >= 0.3 is 5.97 Å². The Bertz CT molecular complexity index is 1010. The van der Waals surface area contributed by atoms with Crippen LogP contribution in [0, 0.1) is 0 Å². The van der Waals surface area contributed by atoms with E-state index >= 15 is 0 Å². The molecule has 4 rings (SSSR count). The molecule has 0 spiro atoms. The molecule has 0 aromatic heterocycles. The van der Waals surface area contributed by atoms with Crippen molar-refractivity contribution >= 4 is 5.97 Å². The molecule has 0 saturated heterocycles. The molecule has 0 amide bonds. The standard InChI is InChI=1S/C24H22O4/c1-3-26-16-13-14-20-22(15-16)28-21-12-8-7-11-19(21)23(20)17-9-5-6-10-18(17)24(25)27-4-2/h5-15,23H,3-4H2,1-2H3. The SMILES string of the molecule is CCOC(=O)c1ccccc1C1c2ccccc2Oc2cc(OCC)ccc21. The zero-order chi connectivity index (χ0) is 19.5. The predicted octanol–water partition coefficient (Wildman–Crippen LogP) is 5.55. The molecule has 3 aromatic rings. The zero-order valence-corrected chi connectivity index (χ0v) is 16.0. The van der Waals surface area contributed by atoms with Gasteiger partial charge in [-0.3, -0.25) is 0 Å². The summed E-state index contributed by atoms with van der Waals surface area (Å²) in [5.74, 6) is 1.85. The van der Waals surface area contributed by atoms with E-state index in [0.717, 1.165) is 33.9 Å². The molecule has 0 aliphatic carbocycles. The van der Waals surface area contributed by atoms with Crippen molar-refractivity contribution in [3.05, 3.63) is 89.0 Å². The second kappa shape index (κ2) is 7.77. The quantitative estimate of drug-likeness (QED) is 0.430. The van der Waals surface area contributed by atoms with Crippen molar-refractivity contribution in [2.45, 2.75) is 19.8 Å². The third-order valence-corrected chi connectivity index (χ3v) is 4.82. The lowest BCUT2D eigenvalue weighted by atomic mass is 9.80. The van der Waals surface area contributed by atoms with E-state index in [9.17, 15) is 4.79 Å². The Balaban J connectivity index is 1.90. The van der Waals surface area contributed by atoms with Crippen LogP contribution in [0.1, 0.15) is 46.8 Å². The first-order valence-corrected chi connectivity index (χ1v) is 9.52. The van der Waals surface area contributed by atoms with Crippen LogP contribution in [-0.2, 0) is 4.74 Å². The van der Waals surface area contributed by atoms with Crippen LogP contribution in [-0.4, -0.2) is 19.2 Å². The Hall–Kier alpha value is -3.27. The van der Waals surface area contributed by atoms with Crippen LogP contribution in [0.4, 0.5) is 0 Å². The van der Waals surface area contributed by atoms with Crippen molar-refractivity contribution in [2.24, 2.45) is 0 Å². The second-order valence-electron chi connectivity index (χ2n) is 6.51. The number of carbonyl (C=O) groups is 1. The molecule has 4 nitrogen and oxygen atoms in total. The summed E-state index contributed by atoms with van der Waals surface area (Å²) < 4.78 is 17.1. The number of hydrogen-bond acceptors (Lipinski definition) is 4. The van der Waals surface area contributed by atoms with Crippen LogP contribution in [0.2, 0.25) is 0 Å². The lowest BCUT2D eigenvalue weighted by Gasteiger charge is -2.30. The molecule has 1 aliphatic heterocycles. The number of para-hydroxylation sites is 1. The van der Waals surface area contributed by atoms with Gasteiger partial charge in [0.2, 0.25) is 0 Å². The Morgan fingerprint density at radius 1 is 0.857 bits per heavy atom. The van der Waals surface area contributed by atoms with Crippen LogP contribution in [0.3, 0.4) is 0 Å². The van der Waals surface area contributed by atoms with Gasteiger partial charge in [0.05, 0.1) is 18.8 Å². The van der Waals surface area contributed by atoms with Crippen molar-refractivity contribution in [1.82, 2.24) is 0 Å². The molecule has 0 radical (unpaired) electrons. The van der Waals surface area contributed by atoms with Crippen molar-refractivity contribution < 1.29 is 19.0 Å². The van der Waals surface area contributed by atoms with Gasteiger partial charge < -0.3 is 14.2 Å². The molecule has 0 bridgehead atoms. The molecular weight excluding hydrogens is 352 g/mol. The second-order valence-corrected chi connectivity index (χ2v) is 6.51. The fourth-order valence-corrected chi connectivity index (χ4v) is 3.67. The summed E-state index contributed by atoms with van der Waals surface area (Å²) in [6.07, 6.45) is 0. The maximum absolute atomic E-state index is 12.6. The Labute approximate surface area is 164 Å². The molecule has 1 atom stereocenters. The first-order valence-electron chi connectivity index (χ1n) is 9.52. The van der Waals surface area contributed by atoms with E-state index in [1.54, 1.807) is 0 Å². The predicted molar refractivity (Wildman–Crippen MR) is 107 cm³/mol. The molecule has 1 aliphatic rings. The van der Waals surface area contributed by atoms with Crippen molar-refractivity contribution in [3.63, 3.8) is 0 Å². The van der Waals surface area contributed by atoms with E-state index in [1.807, 2.05) is 80.6 Å². The van der Waals surface area contributed by atoms with Crippen LogP contribution >= 0.6 is 0 Å². The molecule has 28 heavy (non-hydrogen) atoms. The highest BCUT2D eigenvalue weighted by atomic mass is 16.5. The van der Waals surface area contributed by atoms with E-state index in [4.69, 9.17) is 14.2 Å². The monoisotopic (exact) mass is 374 g/mol. The molecule has 142 valence electrons. The highest BCUT2D eigenvalue weighted by Crippen LogP contribution is 2.48. The average molecular weight is 374 g/mol. The smallest absolute Gasteiger partial charge is 0.338 e. The Morgan fingerprint density at radius 2 is 1.57 bits per heavy atom. The minimum absolute atomic E-state index is 0.128. The van der Waals surface area contributed by atoms with Gasteiger partial charge in [-0.25, -0.2) is 4.79 Å². The number of carbonyl (C=O) groups excluding carboxylic acids is 1. The van der Waals surface area contributed by atoms with Crippen LogP contribution in [0.5, 0.6) is 17.2 Å². The van der Waals surface area contributed by atoms with Gasteiger partial charge in [0.25, 0.3) is 0 Å². The van der Waals surface area contributed by atoms with Gasteiger partial charge in [0.1, 0.15) is 17.2 Å². The van der Waals surface area contributed by atoms with Gasteiger partial charge in [-0.05, 0) is 37.6 Å². The third-order valence-electron chi connectivity index (χ3n) is 4.82. The number of benzene rings is 3. The maximum atomic E-state index is 12.6. The van der Waals surface area contributed by atoms with E-state index in [0.29, 0.717) is 18.8 Å². The average Bonchev–Trinajstić information content (AvgIpc) is 2.72. The fourth-order valence-electron chi connectivity index (χ4n) is 3.67. The van der Waals surface area contributed by atoms with Crippen LogP contribution in [0.15, 0.2) is 66.7 Å². The van der Waals surface area contributed by atoms with Crippen molar-refractivity contribution in [1.29, 1.82) is 0 Å². The first kappa shape index (κ1) is 18.1. The minimum Gasteiger partial charge on any atom is -0.494 e. The lowest BCUT2D eigenvalue weighted by Crippen LogP contribution is -2.16. The summed E-state index contributed by atoms with van der Waals surface area (Å²) >= 11 is 0. The molecule has 1 unspecified atom stereocenters. The van der Waals surface area contributed by atoms with E-state index < -0.39 is 0 Å². The van der Waals surface area contributed by atoms with E-state index in [1.165, 1.54) is 0 Å². The Morgan fingerprint density at radius 3 is 2.36 bits per heavy atom. The number of hydrogen-bond donors (Lipinski definition) is 0. The number of rotatable bonds is 5. The van der Waals surface area contributed by atoms with Crippen molar-refractivity contribution in [3.8, 4) is 17.2 Å². The maximum Gasteiger partial charge on any atom is 0.338 e. The summed E-state index contributed by atoms with van der Waals surface area (Å²) in [7, 11) is 0. The molecule has 4 heteroatoms. The Kier molecular flexibility index (Phi) is 5.02. The highest BCUT2D eigenvalue weighted by Gasteiger charge is 2.31. The van der Waals surface area contributed by atoms with Gasteiger partial charge in [-0.1, -0.05) is 42.5 Å². The third kappa shape index (κ3) is 3.22. The topological polar surface area (TPSA) is 44.8 Å². The number of esters is 1. The van der Waals surface area contributed by atoms with Crippen LogP contribution in [0.25, 0.3) is 0 Å². The summed E-state index contributed by atoms with van der Waals surface area (Å²) in [4.78, 5) is 12.6. The molecule has 1 heterocycles. The summed E-state index contributed by atoms with van der Waals surface area (Å²) in [5.41, 5.74) is 3.50. The minimum atomic E-state index is -0.311. The largest absolute Gasteiger partial charge is 0.494 e. The number of fused-ring (bicyclic) bond motifs is 2. The summed E-state index contributed by atoms with van der Waals surface area (Å²) in [6.45, 7) is 4.69.